The number of rotatable bonds is 4. The Kier molecular flexibility index (Phi) is 5.54. The molecule has 146 valence electrons. The summed E-state index contributed by atoms with van der Waals surface area (Å²) in [5.74, 6) is -0.228. The first kappa shape index (κ1) is 19.8. The van der Waals surface area contributed by atoms with Gasteiger partial charge in [0.15, 0.2) is 5.13 Å². The third-order valence-corrected chi connectivity index (χ3v) is 6.11. The van der Waals surface area contributed by atoms with Crippen molar-refractivity contribution in [2.24, 2.45) is 0 Å². The molecule has 2 aromatic heterocycles. The number of aryl methyl sites for hydroxylation is 2. The molecule has 0 unspecified atom stereocenters. The Morgan fingerprint density at radius 3 is 2.52 bits per heavy atom. The number of fused-ring (bicyclic) bond motifs is 1. The summed E-state index contributed by atoms with van der Waals surface area (Å²) < 4.78 is 1.06. The summed E-state index contributed by atoms with van der Waals surface area (Å²) in [5, 5.41) is 1.43. The number of anilines is 1. The molecule has 0 bridgehead atoms. The van der Waals surface area contributed by atoms with Crippen molar-refractivity contribution < 1.29 is 4.79 Å². The second-order valence-electron chi connectivity index (χ2n) is 6.80. The molecule has 0 saturated heterocycles. The van der Waals surface area contributed by atoms with Crippen molar-refractivity contribution in [1.29, 1.82) is 0 Å². The average molecular weight is 442 g/mol. The van der Waals surface area contributed by atoms with Gasteiger partial charge in [-0.3, -0.25) is 14.7 Å². The highest BCUT2D eigenvalue weighted by atomic mass is 35.5. The van der Waals surface area contributed by atoms with E-state index in [0.29, 0.717) is 27.3 Å². The highest BCUT2D eigenvalue weighted by molar-refractivity contribution is 7.22. The van der Waals surface area contributed by atoms with E-state index in [1.165, 1.54) is 11.3 Å². The summed E-state index contributed by atoms with van der Waals surface area (Å²) in [6.45, 7) is 4.39. The third-order valence-electron chi connectivity index (χ3n) is 4.44. The second-order valence-corrected chi connectivity index (χ2v) is 8.65. The Morgan fingerprint density at radius 1 is 1.07 bits per heavy atom. The highest BCUT2D eigenvalue weighted by Crippen LogP contribution is 2.34. The van der Waals surface area contributed by atoms with Crippen LogP contribution in [0.1, 0.15) is 27.2 Å². The van der Waals surface area contributed by atoms with E-state index in [-0.39, 0.29) is 5.91 Å². The fraction of sp³-hybridized carbons (Fsp3) is 0.136. The Morgan fingerprint density at radius 2 is 1.83 bits per heavy atom. The lowest BCUT2D eigenvalue weighted by Gasteiger charge is -2.20. The molecule has 0 radical (unpaired) electrons. The molecule has 0 aliphatic heterocycles. The van der Waals surface area contributed by atoms with Crippen LogP contribution in [-0.4, -0.2) is 15.9 Å². The van der Waals surface area contributed by atoms with Gasteiger partial charge in [0, 0.05) is 21.8 Å². The topological polar surface area (TPSA) is 46.1 Å². The van der Waals surface area contributed by atoms with Crippen LogP contribution in [0, 0.1) is 13.8 Å². The fourth-order valence-corrected chi connectivity index (χ4v) is 4.73. The van der Waals surface area contributed by atoms with E-state index in [4.69, 9.17) is 28.2 Å². The zero-order valence-electron chi connectivity index (χ0n) is 15.8. The number of benzene rings is 2. The quantitative estimate of drug-likeness (QED) is 0.364. The predicted molar refractivity (Wildman–Crippen MR) is 120 cm³/mol. The van der Waals surface area contributed by atoms with E-state index in [0.717, 1.165) is 27.0 Å². The number of amides is 1. The lowest BCUT2D eigenvalue weighted by molar-refractivity contribution is 0.0985. The van der Waals surface area contributed by atoms with Gasteiger partial charge in [-0.2, -0.15) is 0 Å². The van der Waals surface area contributed by atoms with Crippen LogP contribution in [0.25, 0.3) is 10.2 Å². The van der Waals surface area contributed by atoms with Crippen LogP contribution in [-0.2, 0) is 6.54 Å². The molecule has 4 nitrogen and oxygen atoms in total. The molecule has 4 rings (SSSR count). The van der Waals surface area contributed by atoms with Crippen molar-refractivity contribution in [3.05, 3.63) is 87.2 Å². The van der Waals surface area contributed by atoms with Crippen molar-refractivity contribution in [1.82, 2.24) is 9.97 Å². The average Bonchev–Trinajstić information content (AvgIpc) is 3.09. The van der Waals surface area contributed by atoms with Crippen LogP contribution in [0.5, 0.6) is 0 Å². The van der Waals surface area contributed by atoms with Gasteiger partial charge < -0.3 is 0 Å². The minimum atomic E-state index is -0.228. The molecule has 0 aliphatic carbocycles. The lowest BCUT2D eigenvalue weighted by Crippen LogP contribution is -2.30. The number of thiazole rings is 1. The largest absolute Gasteiger partial charge is 0.278 e. The molecular weight excluding hydrogens is 425 g/mol. The van der Waals surface area contributed by atoms with Crippen LogP contribution >= 0.6 is 34.5 Å². The number of carbonyl (C=O) groups is 1. The van der Waals surface area contributed by atoms with Crippen molar-refractivity contribution in [2.75, 3.05) is 4.90 Å². The van der Waals surface area contributed by atoms with Gasteiger partial charge >= 0.3 is 0 Å². The summed E-state index contributed by atoms with van der Waals surface area (Å²) in [6, 6.07) is 14.6. The molecule has 29 heavy (non-hydrogen) atoms. The molecule has 7 heteroatoms. The van der Waals surface area contributed by atoms with Crippen molar-refractivity contribution in [3.8, 4) is 0 Å². The summed E-state index contributed by atoms with van der Waals surface area (Å²) in [4.78, 5) is 24.2. The first-order valence-corrected chi connectivity index (χ1v) is 10.5. The summed E-state index contributed by atoms with van der Waals surface area (Å²) in [6.07, 6.45) is 1.71. The van der Waals surface area contributed by atoms with Crippen LogP contribution in [0.2, 0.25) is 10.0 Å². The Hall–Kier alpha value is -2.47. The Labute approximate surface area is 182 Å². The minimum Gasteiger partial charge on any atom is -0.278 e. The van der Waals surface area contributed by atoms with Crippen LogP contribution in [0.15, 0.2) is 54.7 Å². The first-order chi connectivity index (χ1) is 13.9. The van der Waals surface area contributed by atoms with Crippen LogP contribution in [0.3, 0.4) is 0 Å². The molecule has 2 aromatic carbocycles. The number of nitrogens with zero attached hydrogens (tertiary/aromatic N) is 3. The SMILES string of the molecule is Cc1cc(C)c2sc(N(Cc3ccccn3)C(=O)c3cc(Cl)cc(Cl)c3)nc2c1. The monoisotopic (exact) mass is 441 g/mol. The maximum atomic E-state index is 13.4. The maximum absolute atomic E-state index is 13.4. The van der Waals surface area contributed by atoms with E-state index in [1.54, 1.807) is 29.3 Å². The molecule has 0 atom stereocenters. The number of pyridine rings is 1. The maximum Gasteiger partial charge on any atom is 0.260 e. The van der Waals surface area contributed by atoms with Gasteiger partial charge in [-0.05, 0) is 61.4 Å². The van der Waals surface area contributed by atoms with E-state index in [9.17, 15) is 4.79 Å². The summed E-state index contributed by atoms with van der Waals surface area (Å²) >= 11 is 13.7. The fourth-order valence-electron chi connectivity index (χ4n) is 3.19. The minimum absolute atomic E-state index is 0.228. The third kappa shape index (κ3) is 4.27. The molecule has 0 saturated carbocycles. The second kappa shape index (κ2) is 8.11. The van der Waals surface area contributed by atoms with Gasteiger partial charge in [-0.1, -0.05) is 46.7 Å². The smallest absolute Gasteiger partial charge is 0.260 e. The Balaban J connectivity index is 1.82. The number of aromatic nitrogens is 2. The molecule has 2 heterocycles. The van der Waals surface area contributed by atoms with Crippen LogP contribution in [0.4, 0.5) is 5.13 Å². The predicted octanol–water partition coefficient (Wildman–Crippen LogP) is 6.46. The van der Waals surface area contributed by atoms with Gasteiger partial charge in [0.25, 0.3) is 5.91 Å². The van der Waals surface area contributed by atoms with Gasteiger partial charge in [-0.25, -0.2) is 4.98 Å². The van der Waals surface area contributed by atoms with Crippen LogP contribution < -0.4 is 4.90 Å². The molecular formula is C22H17Cl2N3OS. The number of hydrogen-bond acceptors (Lipinski definition) is 4. The van der Waals surface area contributed by atoms with Gasteiger partial charge in [-0.15, -0.1) is 0 Å². The zero-order chi connectivity index (χ0) is 20.5. The van der Waals surface area contributed by atoms with Crippen molar-refractivity contribution in [3.63, 3.8) is 0 Å². The highest BCUT2D eigenvalue weighted by Gasteiger charge is 2.23. The number of halogens is 2. The first-order valence-electron chi connectivity index (χ1n) is 8.96. The normalized spacial score (nSPS) is 11.0. The van der Waals surface area contributed by atoms with Gasteiger partial charge in [0.1, 0.15) is 0 Å². The molecule has 0 aliphatic rings. The standard InChI is InChI=1S/C22H17Cl2N3OS/c1-13-7-14(2)20-19(8-13)26-22(29-20)27(12-18-5-3-4-6-25-18)21(28)15-9-16(23)11-17(24)10-15/h3-11H,12H2,1-2H3. The summed E-state index contributed by atoms with van der Waals surface area (Å²) in [5.41, 5.74) is 4.33. The summed E-state index contributed by atoms with van der Waals surface area (Å²) in [7, 11) is 0. The van der Waals surface area contributed by atoms with Gasteiger partial charge in [0.2, 0.25) is 0 Å². The van der Waals surface area contributed by atoms with Crippen molar-refractivity contribution >= 4 is 55.8 Å². The lowest BCUT2D eigenvalue weighted by atomic mass is 10.1. The van der Waals surface area contributed by atoms with E-state index < -0.39 is 0 Å². The number of carbonyl (C=O) groups excluding carboxylic acids is 1. The van der Waals surface area contributed by atoms with Crippen molar-refractivity contribution in [2.45, 2.75) is 20.4 Å². The molecule has 1 amide bonds. The van der Waals surface area contributed by atoms with Gasteiger partial charge in [0.05, 0.1) is 22.5 Å². The molecule has 0 spiro atoms. The molecule has 0 fully saturated rings. The zero-order valence-corrected chi connectivity index (χ0v) is 18.1. The number of hydrogen-bond donors (Lipinski definition) is 0. The van der Waals surface area contributed by atoms with E-state index in [2.05, 4.69) is 18.0 Å². The van der Waals surface area contributed by atoms with E-state index >= 15 is 0 Å². The molecule has 4 aromatic rings. The Bertz CT molecular complexity index is 1190. The van der Waals surface area contributed by atoms with E-state index in [1.807, 2.05) is 31.2 Å². The molecule has 0 N–H and O–H groups in total.